The molecule has 0 unspecified atom stereocenters. The zero-order valence-electron chi connectivity index (χ0n) is 7.61. The molecule has 0 heterocycles. The van der Waals surface area contributed by atoms with Gasteiger partial charge >= 0.3 is 0 Å². The zero-order valence-corrected chi connectivity index (χ0v) is 7.61. The molecule has 0 N–H and O–H groups in total. The normalized spacial score (nSPS) is 23.2. The quantitative estimate of drug-likeness (QED) is 0.528. The van der Waals surface area contributed by atoms with Gasteiger partial charge in [-0.2, -0.15) is 0 Å². The van der Waals surface area contributed by atoms with Crippen LogP contribution in [-0.2, 0) is 4.79 Å². The smallest absolute Gasteiger partial charge is 0.142 e. The predicted molar refractivity (Wildman–Crippen MR) is 46.4 cm³/mol. The van der Waals surface area contributed by atoms with Crippen LogP contribution < -0.4 is 0 Å². The topological polar surface area (TPSA) is 17.1 Å². The summed E-state index contributed by atoms with van der Waals surface area (Å²) in [6, 6.07) is 0. The second-order valence-corrected chi connectivity index (χ2v) is 3.67. The zero-order chi connectivity index (χ0) is 8.48. The van der Waals surface area contributed by atoms with Gasteiger partial charge in [0.05, 0.1) is 0 Å². The highest BCUT2D eigenvalue weighted by Crippen LogP contribution is 2.35. The molecule has 0 fully saturated rings. The van der Waals surface area contributed by atoms with Crippen LogP contribution in [-0.4, -0.2) is 5.78 Å². The molecular formula is C10H16O. The van der Waals surface area contributed by atoms with Crippen LogP contribution in [0.2, 0.25) is 0 Å². The van der Waals surface area contributed by atoms with E-state index in [9.17, 15) is 4.79 Å². The summed E-state index contributed by atoms with van der Waals surface area (Å²) in [5.41, 5.74) is 1.14. The molecule has 1 aliphatic rings. The van der Waals surface area contributed by atoms with Crippen molar-refractivity contribution < 1.29 is 4.79 Å². The van der Waals surface area contributed by atoms with Crippen molar-refractivity contribution in [3.8, 4) is 0 Å². The number of ketones is 1. The first-order valence-electron chi connectivity index (χ1n) is 4.32. The second kappa shape index (κ2) is 2.80. The lowest BCUT2D eigenvalue weighted by molar-refractivity contribution is -0.125. The Labute approximate surface area is 68.5 Å². The highest BCUT2D eigenvalue weighted by atomic mass is 16.1. The molecule has 0 spiro atoms. The third-order valence-electron chi connectivity index (χ3n) is 2.64. The summed E-state index contributed by atoms with van der Waals surface area (Å²) in [7, 11) is 0. The van der Waals surface area contributed by atoms with Crippen molar-refractivity contribution in [3.63, 3.8) is 0 Å². The van der Waals surface area contributed by atoms with Crippen LogP contribution in [0.4, 0.5) is 0 Å². The maximum absolute atomic E-state index is 11.4. The largest absolute Gasteiger partial charge is 0.299 e. The van der Waals surface area contributed by atoms with E-state index in [1.165, 1.54) is 5.57 Å². The van der Waals surface area contributed by atoms with Crippen molar-refractivity contribution in [1.82, 2.24) is 0 Å². The number of carbonyl (C=O) groups excluding carboxylic acids is 1. The predicted octanol–water partition coefficient (Wildman–Crippen LogP) is 2.71. The van der Waals surface area contributed by atoms with Gasteiger partial charge in [-0.1, -0.05) is 18.6 Å². The molecule has 0 radical (unpaired) electrons. The standard InChI is InChI=1S/C10H16O/c1-4-8-6-5-7-9(11)10(8,2)3/h6H,4-5,7H2,1-3H3. The van der Waals surface area contributed by atoms with Gasteiger partial charge in [-0.05, 0) is 26.7 Å². The molecule has 62 valence electrons. The van der Waals surface area contributed by atoms with Gasteiger partial charge in [-0.25, -0.2) is 0 Å². The lowest BCUT2D eigenvalue weighted by atomic mass is 9.74. The number of Topliss-reactive ketones (excluding diaryl/α,β-unsaturated/α-hetero) is 1. The molecule has 0 saturated carbocycles. The van der Waals surface area contributed by atoms with Gasteiger partial charge in [0.1, 0.15) is 5.78 Å². The summed E-state index contributed by atoms with van der Waals surface area (Å²) >= 11 is 0. The van der Waals surface area contributed by atoms with Gasteiger partial charge < -0.3 is 0 Å². The molecule has 0 aromatic carbocycles. The average Bonchev–Trinajstić information content (AvgIpc) is 1.95. The van der Waals surface area contributed by atoms with Gasteiger partial charge in [0.15, 0.2) is 0 Å². The average molecular weight is 152 g/mol. The molecule has 0 bridgehead atoms. The molecule has 1 rings (SSSR count). The molecule has 0 aromatic rings. The molecule has 0 aromatic heterocycles. The molecular weight excluding hydrogens is 136 g/mol. The Morgan fingerprint density at radius 3 is 2.64 bits per heavy atom. The van der Waals surface area contributed by atoms with Crippen LogP contribution in [0.25, 0.3) is 0 Å². The Morgan fingerprint density at radius 1 is 1.55 bits per heavy atom. The fourth-order valence-electron chi connectivity index (χ4n) is 1.71. The van der Waals surface area contributed by atoms with Crippen molar-refractivity contribution in [2.24, 2.45) is 5.41 Å². The van der Waals surface area contributed by atoms with E-state index in [0.717, 1.165) is 19.3 Å². The van der Waals surface area contributed by atoms with E-state index in [2.05, 4.69) is 13.0 Å². The third-order valence-corrected chi connectivity index (χ3v) is 2.64. The second-order valence-electron chi connectivity index (χ2n) is 3.67. The van der Waals surface area contributed by atoms with Crippen LogP contribution in [0.5, 0.6) is 0 Å². The molecule has 1 aliphatic carbocycles. The number of hydrogen-bond donors (Lipinski definition) is 0. The summed E-state index contributed by atoms with van der Waals surface area (Å²) in [5, 5.41) is 0. The van der Waals surface area contributed by atoms with Gasteiger partial charge in [0, 0.05) is 11.8 Å². The number of rotatable bonds is 1. The van der Waals surface area contributed by atoms with Crippen LogP contribution in [0.3, 0.4) is 0 Å². The number of allylic oxidation sites excluding steroid dienone is 2. The van der Waals surface area contributed by atoms with Gasteiger partial charge in [0.2, 0.25) is 0 Å². The fraction of sp³-hybridized carbons (Fsp3) is 0.700. The van der Waals surface area contributed by atoms with Crippen LogP contribution in [0, 0.1) is 5.41 Å². The Kier molecular flexibility index (Phi) is 2.17. The Balaban J connectivity index is 2.93. The minimum atomic E-state index is -0.174. The van der Waals surface area contributed by atoms with Gasteiger partial charge in [-0.15, -0.1) is 0 Å². The summed E-state index contributed by atoms with van der Waals surface area (Å²) in [5.74, 6) is 0.400. The van der Waals surface area contributed by atoms with Gasteiger partial charge in [0.25, 0.3) is 0 Å². The summed E-state index contributed by atoms with van der Waals surface area (Å²) in [6.07, 6.45) is 4.92. The first-order valence-corrected chi connectivity index (χ1v) is 4.32. The number of hydrogen-bond acceptors (Lipinski definition) is 1. The molecule has 0 saturated heterocycles. The van der Waals surface area contributed by atoms with E-state index in [4.69, 9.17) is 0 Å². The van der Waals surface area contributed by atoms with E-state index >= 15 is 0 Å². The Bertz CT molecular complexity index is 199. The highest BCUT2D eigenvalue weighted by molar-refractivity contribution is 5.88. The summed E-state index contributed by atoms with van der Waals surface area (Å²) < 4.78 is 0. The maximum Gasteiger partial charge on any atom is 0.142 e. The van der Waals surface area contributed by atoms with E-state index < -0.39 is 0 Å². The highest BCUT2D eigenvalue weighted by Gasteiger charge is 2.32. The third kappa shape index (κ3) is 1.37. The van der Waals surface area contributed by atoms with Crippen LogP contribution in [0.15, 0.2) is 11.6 Å². The first kappa shape index (κ1) is 8.51. The first-order chi connectivity index (χ1) is 5.09. The summed E-state index contributed by atoms with van der Waals surface area (Å²) in [6.45, 7) is 6.18. The minimum Gasteiger partial charge on any atom is -0.299 e. The molecule has 0 atom stereocenters. The lowest BCUT2D eigenvalue weighted by Crippen LogP contribution is -2.28. The molecule has 1 heteroatoms. The van der Waals surface area contributed by atoms with E-state index in [1.807, 2.05) is 13.8 Å². The molecule has 1 nitrogen and oxygen atoms in total. The van der Waals surface area contributed by atoms with Crippen LogP contribution in [0.1, 0.15) is 40.0 Å². The molecule has 0 amide bonds. The van der Waals surface area contributed by atoms with Crippen molar-refractivity contribution >= 4 is 5.78 Å². The van der Waals surface area contributed by atoms with Gasteiger partial charge in [-0.3, -0.25) is 4.79 Å². The number of carbonyl (C=O) groups is 1. The van der Waals surface area contributed by atoms with E-state index in [1.54, 1.807) is 0 Å². The molecule has 11 heavy (non-hydrogen) atoms. The molecule has 0 aliphatic heterocycles. The minimum absolute atomic E-state index is 0.174. The Morgan fingerprint density at radius 2 is 2.18 bits per heavy atom. The maximum atomic E-state index is 11.4. The summed E-state index contributed by atoms with van der Waals surface area (Å²) in [4.78, 5) is 11.4. The van der Waals surface area contributed by atoms with Crippen molar-refractivity contribution in [2.75, 3.05) is 0 Å². The Hall–Kier alpha value is -0.590. The van der Waals surface area contributed by atoms with Crippen LogP contribution >= 0.6 is 0 Å². The van der Waals surface area contributed by atoms with Crippen molar-refractivity contribution in [3.05, 3.63) is 11.6 Å². The van der Waals surface area contributed by atoms with E-state index in [0.29, 0.717) is 5.78 Å². The fourth-order valence-corrected chi connectivity index (χ4v) is 1.71. The SMILES string of the molecule is CCC1=CCCC(=O)C1(C)C. The lowest BCUT2D eigenvalue weighted by Gasteiger charge is -2.29. The van der Waals surface area contributed by atoms with Crippen molar-refractivity contribution in [1.29, 1.82) is 0 Å². The monoisotopic (exact) mass is 152 g/mol. The van der Waals surface area contributed by atoms with E-state index in [-0.39, 0.29) is 5.41 Å². The van der Waals surface area contributed by atoms with Crippen molar-refractivity contribution in [2.45, 2.75) is 40.0 Å².